The number of hydrogen-bond acceptors (Lipinski definition) is 3. The van der Waals surface area contributed by atoms with E-state index in [1.54, 1.807) is 13.0 Å². The third-order valence-electron chi connectivity index (χ3n) is 2.42. The van der Waals surface area contributed by atoms with Gasteiger partial charge in [0.1, 0.15) is 5.82 Å². The van der Waals surface area contributed by atoms with Gasteiger partial charge < -0.3 is 11.1 Å². The summed E-state index contributed by atoms with van der Waals surface area (Å²) in [4.78, 5) is 16.1. The van der Waals surface area contributed by atoms with Gasteiger partial charge >= 0.3 is 0 Å². The SMILES string of the molecule is CCCC(C)(N)C(=O)Nc1cccc(C)n1.Cl. The Hall–Kier alpha value is -1.13. The van der Waals surface area contributed by atoms with Gasteiger partial charge in [-0.3, -0.25) is 4.79 Å². The molecular formula is C12H20ClN3O. The van der Waals surface area contributed by atoms with E-state index in [0.29, 0.717) is 12.2 Å². The van der Waals surface area contributed by atoms with Gasteiger partial charge in [0.15, 0.2) is 0 Å². The van der Waals surface area contributed by atoms with Crippen molar-refractivity contribution in [2.24, 2.45) is 5.73 Å². The second kappa shape index (κ2) is 6.57. The lowest BCUT2D eigenvalue weighted by Crippen LogP contribution is -2.48. The molecule has 0 aliphatic heterocycles. The van der Waals surface area contributed by atoms with E-state index in [2.05, 4.69) is 10.3 Å². The predicted molar refractivity (Wildman–Crippen MR) is 72.4 cm³/mol. The van der Waals surface area contributed by atoms with Crippen LogP contribution in [0.15, 0.2) is 18.2 Å². The van der Waals surface area contributed by atoms with Crippen molar-refractivity contribution in [2.45, 2.75) is 39.2 Å². The lowest BCUT2D eigenvalue weighted by molar-refractivity contribution is -0.120. The minimum Gasteiger partial charge on any atom is -0.318 e. The van der Waals surface area contributed by atoms with E-state index in [1.165, 1.54) is 0 Å². The van der Waals surface area contributed by atoms with E-state index in [4.69, 9.17) is 5.73 Å². The fourth-order valence-electron chi connectivity index (χ4n) is 1.50. The average molecular weight is 258 g/mol. The molecule has 0 saturated heterocycles. The predicted octanol–water partition coefficient (Wildman–Crippen LogP) is 2.27. The van der Waals surface area contributed by atoms with Crippen LogP contribution in [0.4, 0.5) is 5.82 Å². The third-order valence-corrected chi connectivity index (χ3v) is 2.42. The number of amides is 1. The van der Waals surface area contributed by atoms with Crippen molar-refractivity contribution in [3.8, 4) is 0 Å². The van der Waals surface area contributed by atoms with Crippen LogP contribution in [0.1, 0.15) is 32.4 Å². The van der Waals surface area contributed by atoms with E-state index < -0.39 is 5.54 Å². The Bertz CT molecular complexity index is 380. The number of nitrogens with two attached hydrogens (primary N) is 1. The molecule has 1 unspecified atom stereocenters. The van der Waals surface area contributed by atoms with Crippen molar-refractivity contribution in [1.29, 1.82) is 0 Å². The molecule has 3 N–H and O–H groups in total. The Labute approximate surface area is 108 Å². The zero-order valence-electron chi connectivity index (χ0n) is 10.5. The van der Waals surface area contributed by atoms with E-state index >= 15 is 0 Å². The summed E-state index contributed by atoms with van der Waals surface area (Å²) in [5.41, 5.74) is 5.95. The number of carbonyl (C=O) groups excluding carboxylic acids is 1. The molecule has 0 spiro atoms. The van der Waals surface area contributed by atoms with Gasteiger partial charge in [-0.25, -0.2) is 4.98 Å². The summed E-state index contributed by atoms with van der Waals surface area (Å²) in [6.07, 6.45) is 1.53. The van der Waals surface area contributed by atoms with E-state index in [0.717, 1.165) is 12.1 Å². The molecule has 0 bridgehead atoms. The van der Waals surface area contributed by atoms with Crippen LogP contribution in [-0.4, -0.2) is 16.4 Å². The Morgan fingerprint density at radius 1 is 1.53 bits per heavy atom. The molecule has 17 heavy (non-hydrogen) atoms. The largest absolute Gasteiger partial charge is 0.318 e. The Morgan fingerprint density at radius 3 is 2.71 bits per heavy atom. The first-order valence-electron chi connectivity index (χ1n) is 5.49. The molecule has 4 nitrogen and oxygen atoms in total. The number of anilines is 1. The summed E-state index contributed by atoms with van der Waals surface area (Å²) < 4.78 is 0. The Kier molecular flexibility index (Phi) is 6.13. The average Bonchev–Trinajstić information content (AvgIpc) is 2.17. The molecule has 0 aliphatic rings. The van der Waals surface area contributed by atoms with Crippen LogP contribution in [0.2, 0.25) is 0 Å². The monoisotopic (exact) mass is 257 g/mol. The highest BCUT2D eigenvalue weighted by Crippen LogP contribution is 2.12. The number of nitrogens with one attached hydrogen (secondary N) is 1. The fraction of sp³-hybridized carbons (Fsp3) is 0.500. The second-order valence-corrected chi connectivity index (χ2v) is 4.29. The molecule has 1 heterocycles. The van der Waals surface area contributed by atoms with Crippen LogP contribution in [0, 0.1) is 6.92 Å². The van der Waals surface area contributed by atoms with Crippen LogP contribution in [-0.2, 0) is 4.79 Å². The molecule has 0 saturated carbocycles. The van der Waals surface area contributed by atoms with Gasteiger partial charge in [0, 0.05) is 5.69 Å². The molecular weight excluding hydrogens is 238 g/mol. The number of carbonyl (C=O) groups is 1. The number of aryl methyl sites for hydroxylation is 1. The van der Waals surface area contributed by atoms with Crippen molar-refractivity contribution in [3.63, 3.8) is 0 Å². The lowest BCUT2D eigenvalue weighted by Gasteiger charge is -2.22. The van der Waals surface area contributed by atoms with Crippen molar-refractivity contribution < 1.29 is 4.79 Å². The summed E-state index contributed by atoms with van der Waals surface area (Å²) in [7, 11) is 0. The standard InChI is InChI=1S/C12H19N3O.ClH/c1-4-8-12(3,13)11(16)15-10-7-5-6-9(2)14-10;/h5-7H,4,8,13H2,1-3H3,(H,14,15,16);1H. The molecule has 0 aromatic carbocycles. The summed E-state index contributed by atoms with van der Waals surface area (Å²) in [5.74, 6) is 0.366. The Balaban J connectivity index is 0.00000256. The maximum atomic E-state index is 11.9. The second-order valence-electron chi connectivity index (χ2n) is 4.29. The van der Waals surface area contributed by atoms with E-state index in [9.17, 15) is 4.79 Å². The number of halogens is 1. The third kappa shape index (κ3) is 4.71. The van der Waals surface area contributed by atoms with Gasteiger partial charge in [-0.2, -0.15) is 0 Å². The van der Waals surface area contributed by atoms with E-state index in [1.807, 2.05) is 26.0 Å². The number of rotatable bonds is 4. The summed E-state index contributed by atoms with van der Waals surface area (Å²) in [5, 5.41) is 2.73. The van der Waals surface area contributed by atoms with Crippen molar-refractivity contribution in [3.05, 3.63) is 23.9 Å². The van der Waals surface area contributed by atoms with Crippen molar-refractivity contribution in [2.75, 3.05) is 5.32 Å². The van der Waals surface area contributed by atoms with Crippen LogP contribution in [0.3, 0.4) is 0 Å². The topological polar surface area (TPSA) is 68.0 Å². The first kappa shape index (κ1) is 15.9. The maximum absolute atomic E-state index is 11.9. The van der Waals surface area contributed by atoms with Gasteiger partial charge in [0.2, 0.25) is 5.91 Å². The van der Waals surface area contributed by atoms with Crippen molar-refractivity contribution >= 4 is 24.1 Å². The maximum Gasteiger partial charge on any atom is 0.245 e. The molecule has 1 rings (SSSR count). The van der Waals surface area contributed by atoms with Gasteiger partial charge in [-0.15, -0.1) is 12.4 Å². The van der Waals surface area contributed by atoms with Gasteiger partial charge in [-0.05, 0) is 32.4 Å². The molecule has 1 amide bonds. The van der Waals surface area contributed by atoms with Crippen LogP contribution < -0.4 is 11.1 Å². The highest BCUT2D eigenvalue weighted by molar-refractivity contribution is 5.96. The van der Waals surface area contributed by atoms with Crippen LogP contribution in [0.5, 0.6) is 0 Å². The molecule has 1 aromatic rings. The van der Waals surface area contributed by atoms with Gasteiger partial charge in [0.05, 0.1) is 5.54 Å². The Morgan fingerprint density at radius 2 is 2.18 bits per heavy atom. The summed E-state index contributed by atoms with van der Waals surface area (Å²) in [6.45, 7) is 5.62. The zero-order valence-corrected chi connectivity index (χ0v) is 11.3. The fourth-order valence-corrected chi connectivity index (χ4v) is 1.50. The minimum atomic E-state index is -0.833. The molecule has 96 valence electrons. The van der Waals surface area contributed by atoms with E-state index in [-0.39, 0.29) is 18.3 Å². The quantitative estimate of drug-likeness (QED) is 0.870. The first-order valence-corrected chi connectivity index (χ1v) is 5.49. The lowest BCUT2D eigenvalue weighted by atomic mass is 9.96. The zero-order chi connectivity index (χ0) is 12.2. The molecule has 0 fully saturated rings. The highest BCUT2D eigenvalue weighted by Gasteiger charge is 2.27. The first-order chi connectivity index (χ1) is 7.45. The normalized spacial score (nSPS) is 13.4. The van der Waals surface area contributed by atoms with Crippen LogP contribution in [0.25, 0.3) is 0 Å². The highest BCUT2D eigenvalue weighted by atomic mass is 35.5. The molecule has 1 aromatic heterocycles. The molecule has 0 aliphatic carbocycles. The number of pyridine rings is 1. The summed E-state index contributed by atoms with van der Waals surface area (Å²) in [6, 6.07) is 5.49. The number of aromatic nitrogens is 1. The summed E-state index contributed by atoms with van der Waals surface area (Å²) >= 11 is 0. The van der Waals surface area contributed by atoms with Crippen molar-refractivity contribution in [1.82, 2.24) is 4.98 Å². The minimum absolute atomic E-state index is 0. The van der Waals surface area contributed by atoms with Gasteiger partial charge in [-0.1, -0.05) is 19.4 Å². The number of hydrogen-bond donors (Lipinski definition) is 2. The van der Waals surface area contributed by atoms with Crippen LogP contribution >= 0.6 is 12.4 Å². The number of nitrogens with zero attached hydrogens (tertiary/aromatic N) is 1. The molecule has 5 heteroatoms. The molecule has 0 radical (unpaired) electrons. The molecule has 1 atom stereocenters. The van der Waals surface area contributed by atoms with Gasteiger partial charge in [0.25, 0.3) is 0 Å². The smallest absolute Gasteiger partial charge is 0.245 e.